The summed E-state index contributed by atoms with van der Waals surface area (Å²) in [6.07, 6.45) is 0.325. The Morgan fingerprint density at radius 3 is 2.48 bits per heavy atom. The second-order valence-electron chi connectivity index (χ2n) is 7.69. The number of aryl methyl sites for hydroxylation is 2. The Morgan fingerprint density at radius 1 is 1.26 bits per heavy atom. The van der Waals surface area contributed by atoms with Crippen molar-refractivity contribution >= 4 is 23.2 Å². The van der Waals surface area contributed by atoms with Gasteiger partial charge in [0, 0.05) is 37.9 Å². The molecular formula is C18H26N6O3. The van der Waals surface area contributed by atoms with Gasteiger partial charge in [-0.1, -0.05) is 6.92 Å². The monoisotopic (exact) mass is 374 g/mol. The largest absolute Gasteiger partial charge is 0.444 e. The summed E-state index contributed by atoms with van der Waals surface area (Å²) in [7, 11) is 0. The van der Waals surface area contributed by atoms with Gasteiger partial charge in [0.15, 0.2) is 11.3 Å². The molecule has 1 fully saturated rings. The van der Waals surface area contributed by atoms with Gasteiger partial charge in [-0.15, -0.1) is 4.91 Å². The van der Waals surface area contributed by atoms with Crippen molar-refractivity contribution in [2.75, 3.05) is 31.1 Å². The lowest BCUT2D eigenvalue weighted by Gasteiger charge is -2.36. The van der Waals surface area contributed by atoms with Gasteiger partial charge in [0.05, 0.1) is 5.69 Å². The molecule has 3 heterocycles. The molecule has 146 valence electrons. The van der Waals surface area contributed by atoms with Crippen molar-refractivity contribution in [2.45, 2.75) is 46.6 Å². The van der Waals surface area contributed by atoms with E-state index < -0.39 is 5.60 Å². The number of ether oxygens (including phenoxy) is 1. The first-order valence-corrected chi connectivity index (χ1v) is 9.19. The third-order valence-electron chi connectivity index (χ3n) is 4.48. The minimum absolute atomic E-state index is 0.294. The molecule has 1 amide bonds. The van der Waals surface area contributed by atoms with Crippen molar-refractivity contribution in [1.82, 2.24) is 19.5 Å². The van der Waals surface area contributed by atoms with E-state index in [1.807, 2.05) is 40.7 Å². The Balaban J connectivity index is 1.79. The number of carbonyl (C=O) groups is 1. The smallest absolute Gasteiger partial charge is 0.410 e. The summed E-state index contributed by atoms with van der Waals surface area (Å²) >= 11 is 0. The molecule has 1 aliphatic rings. The predicted molar refractivity (Wildman–Crippen MR) is 103 cm³/mol. The van der Waals surface area contributed by atoms with E-state index in [1.165, 1.54) is 0 Å². The summed E-state index contributed by atoms with van der Waals surface area (Å²) < 4.78 is 7.10. The summed E-state index contributed by atoms with van der Waals surface area (Å²) in [5.41, 5.74) is 1.80. The molecule has 9 heteroatoms. The topological polar surface area (TPSA) is 92.4 Å². The van der Waals surface area contributed by atoms with Crippen LogP contribution in [-0.2, 0) is 11.2 Å². The lowest BCUT2D eigenvalue weighted by atomic mass is 10.2. The number of piperazine rings is 1. The number of nitroso groups, excluding NO2 is 1. The van der Waals surface area contributed by atoms with Gasteiger partial charge in [0.2, 0.25) is 0 Å². The summed E-state index contributed by atoms with van der Waals surface area (Å²) in [4.78, 5) is 31.9. The average molecular weight is 374 g/mol. The van der Waals surface area contributed by atoms with Gasteiger partial charge in [-0.2, -0.15) is 5.10 Å². The van der Waals surface area contributed by atoms with Gasteiger partial charge in [0.25, 0.3) is 0 Å². The van der Waals surface area contributed by atoms with E-state index in [2.05, 4.69) is 20.2 Å². The molecule has 2 aromatic heterocycles. The number of carbonyl (C=O) groups excluding carboxylic acids is 1. The van der Waals surface area contributed by atoms with Crippen LogP contribution in [0.2, 0.25) is 0 Å². The Bertz CT molecular complexity index is 862. The molecule has 0 aromatic carbocycles. The molecule has 0 saturated carbocycles. The zero-order valence-electron chi connectivity index (χ0n) is 16.5. The second-order valence-corrected chi connectivity index (χ2v) is 7.69. The third kappa shape index (κ3) is 3.86. The molecule has 0 unspecified atom stereocenters. The molecule has 3 rings (SSSR count). The van der Waals surface area contributed by atoms with Gasteiger partial charge in [0.1, 0.15) is 11.4 Å². The molecule has 0 bridgehead atoms. The summed E-state index contributed by atoms with van der Waals surface area (Å²) in [6, 6.07) is 1.94. The number of aromatic nitrogens is 3. The maximum absolute atomic E-state index is 12.2. The van der Waals surface area contributed by atoms with Gasteiger partial charge >= 0.3 is 6.09 Å². The van der Waals surface area contributed by atoms with Gasteiger partial charge < -0.3 is 14.5 Å². The standard InChI is InChI=1S/C18H26N6O3/c1-6-13-15(21-26)16-19-14(11-12(2)24(16)20-13)22-7-9-23(10-8-22)17(25)27-18(3,4)5/h11H,6-10H2,1-5H3. The van der Waals surface area contributed by atoms with Crippen LogP contribution in [0.4, 0.5) is 16.3 Å². The fourth-order valence-electron chi connectivity index (χ4n) is 3.12. The maximum atomic E-state index is 12.2. The van der Waals surface area contributed by atoms with E-state index in [0.717, 1.165) is 11.5 Å². The minimum atomic E-state index is -0.505. The van der Waals surface area contributed by atoms with Crippen LogP contribution in [0.1, 0.15) is 39.1 Å². The SMILES string of the molecule is CCc1nn2c(C)cc(N3CCN(C(=O)OC(C)(C)C)CC3)nc2c1N=O. The second kappa shape index (κ2) is 7.13. The lowest BCUT2D eigenvalue weighted by Crippen LogP contribution is -2.50. The molecule has 1 saturated heterocycles. The van der Waals surface area contributed by atoms with Gasteiger partial charge in [-0.05, 0) is 39.3 Å². The fourth-order valence-corrected chi connectivity index (χ4v) is 3.12. The zero-order valence-corrected chi connectivity index (χ0v) is 16.5. The van der Waals surface area contributed by atoms with Crippen molar-refractivity contribution in [1.29, 1.82) is 0 Å². The van der Waals surface area contributed by atoms with Crippen molar-refractivity contribution in [3.63, 3.8) is 0 Å². The van der Waals surface area contributed by atoms with E-state index in [-0.39, 0.29) is 6.09 Å². The van der Waals surface area contributed by atoms with Crippen LogP contribution in [0.25, 0.3) is 5.65 Å². The van der Waals surface area contributed by atoms with Crippen LogP contribution >= 0.6 is 0 Å². The molecule has 0 aliphatic carbocycles. The van der Waals surface area contributed by atoms with Crippen molar-refractivity contribution < 1.29 is 9.53 Å². The van der Waals surface area contributed by atoms with E-state index in [0.29, 0.717) is 49.6 Å². The van der Waals surface area contributed by atoms with Crippen molar-refractivity contribution in [3.8, 4) is 0 Å². The van der Waals surface area contributed by atoms with Crippen molar-refractivity contribution in [2.24, 2.45) is 5.18 Å². The first kappa shape index (κ1) is 19.1. The van der Waals surface area contributed by atoms with E-state index >= 15 is 0 Å². The summed E-state index contributed by atoms with van der Waals surface area (Å²) in [6.45, 7) is 11.8. The number of rotatable bonds is 3. The number of hydrogen-bond donors (Lipinski definition) is 0. The zero-order chi connectivity index (χ0) is 19.8. The average Bonchev–Trinajstić information content (AvgIpc) is 2.98. The first-order valence-electron chi connectivity index (χ1n) is 9.19. The molecule has 0 N–H and O–H groups in total. The lowest BCUT2D eigenvalue weighted by molar-refractivity contribution is 0.0240. The highest BCUT2D eigenvalue weighted by Gasteiger charge is 2.27. The highest BCUT2D eigenvalue weighted by atomic mass is 16.6. The van der Waals surface area contributed by atoms with Gasteiger partial charge in [-0.25, -0.2) is 14.3 Å². The molecule has 9 nitrogen and oxygen atoms in total. The molecule has 0 atom stereocenters. The van der Waals surface area contributed by atoms with Crippen LogP contribution in [0.5, 0.6) is 0 Å². The van der Waals surface area contributed by atoms with Crippen LogP contribution < -0.4 is 4.90 Å². The Hall–Kier alpha value is -2.71. The number of hydrogen-bond acceptors (Lipinski definition) is 7. The first-order chi connectivity index (χ1) is 12.7. The Labute approximate surface area is 158 Å². The molecular weight excluding hydrogens is 348 g/mol. The molecule has 2 aromatic rings. The number of fused-ring (bicyclic) bond motifs is 1. The molecule has 27 heavy (non-hydrogen) atoms. The number of nitrogens with zero attached hydrogens (tertiary/aromatic N) is 6. The number of anilines is 1. The molecule has 1 aliphatic heterocycles. The van der Waals surface area contributed by atoms with E-state index in [4.69, 9.17) is 4.74 Å². The van der Waals surface area contributed by atoms with Crippen LogP contribution in [0.3, 0.4) is 0 Å². The third-order valence-corrected chi connectivity index (χ3v) is 4.48. The maximum Gasteiger partial charge on any atom is 0.410 e. The minimum Gasteiger partial charge on any atom is -0.444 e. The predicted octanol–water partition coefficient (Wildman–Crippen LogP) is 3.06. The van der Waals surface area contributed by atoms with Crippen molar-refractivity contribution in [3.05, 3.63) is 22.4 Å². The number of amides is 1. The molecule has 0 radical (unpaired) electrons. The van der Waals surface area contributed by atoms with Crippen LogP contribution in [-0.4, -0.2) is 57.4 Å². The van der Waals surface area contributed by atoms with Crippen LogP contribution in [0.15, 0.2) is 11.2 Å². The van der Waals surface area contributed by atoms with Crippen LogP contribution in [0, 0.1) is 11.8 Å². The van der Waals surface area contributed by atoms with E-state index in [9.17, 15) is 9.70 Å². The fraction of sp³-hybridized carbons (Fsp3) is 0.611. The normalized spacial score (nSPS) is 15.3. The Kier molecular flexibility index (Phi) is 5.03. The molecule has 0 spiro atoms. The highest BCUT2D eigenvalue weighted by Crippen LogP contribution is 2.28. The van der Waals surface area contributed by atoms with E-state index in [1.54, 1.807) is 9.42 Å². The summed E-state index contributed by atoms with van der Waals surface area (Å²) in [5, 5.41) is 7.57. The highest BCUT2D eigenvalue weighted by molar-refractivity contribution is 5.70. The van der Waals surface area contributed by atoms with Gasteiger partial charge in [-0.3, -0.25) is 0 Å². The Morgan fingerprint density at radius 2 is 1.93 bits per heavy atom. The summed E-state index contributed by atoms with van der Waals surface area (Å²) in [5.74, 6) is 0.760. The quantitative estimate of drug-likeness (QED) is 0.767.